The van der Waals surface area contributed by atoms with Crippen LogP contribution >= 0.6 is 0 Å². The molecule has 2 nitrogen and oxygen atoms in total. The standard InChI is InChI=1S/C11H24N2/c1-3-12-9-6-10-13(2)11-7-4-5-8-11/h11-12H,3-10H2,1-2H3. The third-order valence-electron chi connectivity index (χ3n) is 3.06. The van der Waals surface area contributed by atoms with Crippen molar-refractivity contribution in [1.82, 2.24) is 10.2 Å². The van der Waals surface area contributed by atoms with E-state index in [0.29, 0.717) is 0 Å². The third kappa shape index (κ3) is 4.10. The number of hydrogen-bond donors (Lipinski definition) is 1. The number of hydrogen-bond acceptors (Lipinski definition) is 2. The van der Waals surface area contributed by atoms with E-state index in [1.54, 1.807) is 0 Å². The normalized spacial score (nSPS) is 18.7. The molecule has 1 rings (SSSR count). The highest BCUT2D eigenvalue weighted by Crippen LogP contribution is 2.22. The Bertz CT molecular complexity index is 119. The summed E-state index contributed by atoms with van der Waals surface area (Å²) in [4.78, 5) is 2.55. The Morgan fingerprint density at radius 2 is 2.00 bits per heavy atom. The Morgan fingerprint density at radius 1 is 1.31 bits per heavy atom. The topological polar surface area (TPSA) is 15.3 Å². The highest BCUT2D eigenvalue weighted by molar-refractivity contribution is 4.74. The molecule has 1 aliphatic rings. The van der Waals surface area contributed by atoms with Crippen LogP contribution in [0.3, 0.4) is 0 Å². The average molecular weight is 184 g/mol. The van der Waals surface area contributed by atoms with E-state index in [9.17, 15) is 0 Å². The minimum Gasteiger partial charge on any atom is -0.317 e. The van der Waals surface area contributed by atoms with Crippen molar-refractivity contribution in [1.29, 1.82) is 0 Å². The lowest BCUT2D eigenvalue weighted by Crippen LogP contribution is -2.31. The van der Waals surface area contributed by atoms with Gasteiger partial charge in [0.2, 0.25) is 0 Å². The van der Waals surface area contributed by atoms with Crippen LogP contribution in [0.5, 0.6) is 0 Å². The zero-order valence-electron chi connectivity index (χ0n) is 9.18. The van der Waals surface area contributed by atoms with Gasteiger partial charge in [0.25, 0.3) is 0 Å². The fourth-order valence-electron chi connectivity index (χ4n) is 2.16. The highest BCUT2D eigenvalue weighted by atomic mass is 15.1. The number of rotatable bonds is 6. The van der Waals surface area contributed by atoms with Crippen LogP contribution in [0.4, 0.5) is 0 Å². The lowest BCUT2D eigenvalue weighted by molar-refractivity contribution is 0.242. The molecule has 1 N–H and O–H groups in total. The van der Waals surface area contributed by atoms with Crippen molar-refractivity contribution < 1.29 is 0 Å². The van der Waals surface area contributed by atoms with Crippen LogP contribution in [0.15, 0.2) is 0 Å². The summed E-state index contributed by atoms with van der Waals surface area (Å²) >= 11 is 0. The predicted molar refractivity (Wildman–Crippen MR) is 58.0 cm³/mol. The number of nitrogens with one attached hydrogen (secondary N) is 1. The van der Waals surface area contributed by atoms with Crippen LogP contribution in [0, 0.1) is 0 Å². The molecule has 0 aromatic rings. The van der Waals surface area contributed by atoms with Gasteiger partial charge in [-0.1, -0.05) is 19.8 Å². The van der Waals surface area contributed by atoms with Crippen molar-refractivity contribution in [2.24, 2.45) is 0 Å². The summed E-state index contributed by atoms with van der Waals surface area (Å²) in [6.45, 7) is 5.71. The second-order valence-electron chi connectivity index (χ2n) is 4.13. The SMILES string of the molecule is CCNCCCN(C)C1CCCC1. The summed E-state index contributed by atoms with van der Waals surface area (Å²) in [6.07, 6.45) is 7.04. The van der Waals surface area contributed by atoms with Gasteiger partial charge in [0.05, 0.1) is 0 Å². The molecule has 0 aliphatic heterocycles. The van der Waals surface area contributed by atoms with E-state index in [-0.39, 0.29) is 0 Å². The smallest absolute Gasteiger partial charge is 0.00922 e. The Kier molecular flexibility index (Phi) is 5.40. The molecule has 0 aromatic heterocycles. The van der Waals surface area contributed by atoms with Crippen molar-refractivity contribution in [3.8, 4) is 0 Å². The van der Waals surface area contributed by atoms with Crippen LogP contribution < -0.4 is 5.32 Å². The molecule has 0 spiro atoms. The van der Waals surface area contributed by atoms with Crippen molar-refractivity contribution in [2.75, 3.05) is 26.7 Å². The summed E-state index contributed by atoms with van der Waals surface area (Å²) in [5.41, 5.74) is 0. The monoisotopic (exact) mass is 184 g/mol. The summed E-state index contributed by atoms with van der Waals surface area (Å²) in [6, 6.07) is 0.890. The largest absolute Gasteiger partial charge is 0.317 e. The van der Waals surface area contributed by atoms with Gasteiger partial charge in [0, 0.05) is 6.04 Å². The van der Waals surface area contributed by atoms with E-state index >= 15 is 0 Å². The molecule has 0 amide bonds. The molecule has 78 valence electrons. The third-order valence-corrected chi connectivity index (χ3v) is 3.06. The molecule has 0 radical (unpaired) electrons. The maximum Gasteiger partial charge on any atom is 0.00922 e. The van der Waals surface area contributed by atoms with E-state index in [1.165, 1.54) is 45.2 Å². The van der Waals surface area contributed by atoms with Gasteiger partial charge >= 0.3 is 0 Å². The van der Waals surface area contributed by atoms with E-state index in [2.05, 4.69) is 24.2 Å². The van der Waals surface area contributed by atoms with Gasteiger partial charge in [-0.15, -0.1) is 0 Å². The first-order chi connectivity index (χ1) is 6.34. The van der Waals surface area contributed by atoms with Crippen LogP contribution in [-0.2, 0) is 0 Å². The van der Waals surface area contributed by atoms with Crippen molar-refractivity contribution >= 4 is 0 Å². The minimum absolute atomic E-state index is 0.890. The molecule has 13 heavy (non-hydrogen) atoms. The Balaban J connectivity index is 1.99. The van der Waals surface area contributed by atoms with E-state index in [1.807, 2.05) is 0 Å². The lowest BCUT2D eigenvalue weighted by atomic mass is 10.2. The summed E-state index contributed by atoms with van der Waals surface area (Å²) in [7, 11) is 2.28. The Labute approximate surface area is 82.7 Å². The van der Waals surface area contributed by atoms with Gasteiger partial charge < -0.3 is 10.2 Å². The molecule has 1 fully saturated rings. The first kappa shape index (κ1) is 11.0. The quantitative estimate of drug-likeness (QED) is 0.634. The Hall–Kier alpha value is -0.0800. The van der Waals surface area contributed by atoms with Crippen molar-refractivity contribution in [2.45, 2.75) is 45.1 Å². The molecule has 0 atom stereocenters. The van der Waals surface area contributed by atoms with Crippen LogP contribution in [0.25, 0.3) is 0 Å². The van der Waals surface area contributed by atoms with E-state index in [4.69, 9.17) is 0 Å². The molecule has 0 bridgehead atoms. The van der Waals surface area contributed by atoms with Gasteiger partial charge in [-0.25, -0.2) is 0 Å². The van der Waals surface area contributed by atoms with Crippen LogP contribution in [0.2, 0.25) is 0 Å². The van der Waals surface area contributed by atoms with Gasteiger partial charge in [0.1, 0.15) is 0 Å². The van der Waals surface area contributed by atoms with E-state index in [0.717, 1.165) is 12.6 Å². The maximum atomic E-state index is 3.37. The molecular weight excluding hydrogens is 160 g/mol. The van der Waals surface area contributed by atoms with Gasteiger partial charge in [0.15, 0.2) is 0 Å². The summed E-state index contributed by atoms with van der Waals surface area (Å²) in [5, 5.41) is 3.37. The van der Waals surface area contributed by atoms with E-state index < -0.39 is 0 Å². The fourth-order valence-corrected chi connectivity index (χ4v) is 2.16. The van der Waals surface area contributed by atoms with Crippen LogP contribution in [-0.4, -0.2) is 37.6 Å². The molecule has 1 aliphatic carbocycles. The molecule has 1 saturated carbocycles. The predicted octanol–water partition coefficient (Wildman–Crippen LogP) is 1.86. The van der Waals surface area contributed by atoms with Crippen molar-refractivity contribution in [3.63, 3.8) is 0 Å². The number of nitrogens with zero attached hydrogens (tertiary/aromatic N) is 1. The molecular formula is C11H24N2. The minimum atomic E-state index is 0.890. The molecule has 0 unspecified atom stereocenters. The summed E-state index contributed by atoms with van der Waals surface area (Å²) < 4.78 is 0. The summed E-state index contributed by atoms with van der Waals surface area (Å²) in [5.74, 6) is 0. The first-order valence-electron chi connectivity index (χ1n) is 5.75. The first-order valence-corrected chi connectivity index (χ1v) is 5.75. The fraction of sp³-hybridized carbons (Fsp3) is 1.00. The van der Waals surface area contributed by atoms with Crippen LogP contribution in [0.1, 0.15) is 39.0 Å². The molecule has 0 heterocycles. The van der Waals surface area contributed by atoms with Crippen molar-refractivity contribution in [3.05, 3.63) is 0 Å². The molecule has 2 heteroatoms. The Morgan fingerprint density at radius 3 is 2.62 bits per heavy atom. The van der Waals surface area contributed by atoms with Gasteiger partial charge in [-0.05, 0) is 45.9 Å². The zero-order valence-corrected chi connectivity index (χ0v) is 9.18. The van der Waals surface area contributed by atoms with Gasteiger partial charge in [-0.3, -0.25) is 0 Å². The lowest BCUT2D eigenvalue weighted by Gasteiger charge is -2.23. The second-order valence-corrected chi connectivity index (χ2v) is 4.13. The zero-order chi connectivity index (χ0) is 9.52. The average Bonchev–Trinajstić information content (AvgIpc) is 2.65. The molecule has 0 aromatic carbocycles. The second kappa shape index (κ2) is 6.39. The molecule has 0 saturated heterocycles. The van der Waals surface area contributed by atoms with Gasteiger partial charge in [-0.2, -0.15) is 0 Å². The maximum absolute atomic E-state index is 3.37. The highest BCUT2D eigenvalue weighted by Gasteiger charge is 2.18.